The summed E-state index contributed by atoms with van der Waals surface area (Å²) in [6, 6.07) is 13.4. The molecule has 0 aliphatic carbocycles. The maximum absolute atomic E-state index is 11.9. The summed E-state index contributed by atoms with van der Waals surface area (Å²) in [7, 11) is 0. The van der Waals surface area contributed by atoms with Gasteiger partial charge in [0.15, 0.2) is 0 Å². The van der Waals surface area contributed by atoms with Crippen molar-refractivity contribution in [3.8, 4) is 0 Å². The number of nitrogens with one attached hydrogen (secondary N) is 1. The number of halogens is 1. The van der Waals surface area contributed by atoms with Crippen molar-refractivity contribution in [1.29, 1.82) is 0 Å². The molecule has 2 rings (SSSR count). The van der Waals surface area contributed by atoms with Gasteiger partial charge in [0.05, 0.1) is 0 Å². The molecule has 102 valence electrons. The molecule has 0 aliphatic heterocycles. The Hall–Kier alpha value is -2.06. The smallest absolute Gasteiger partial charge is 0.248 e. The minimum atomic E-state index is -0.170. The van der Waals surface area contributed by atoms with Gasteiger partial charge < -0.3 is 5.32 Å². The fourth-order valence-electron chi connectivity index (χ4n) is 1.77. The summed E-state index contributed by atoms with van der Waals surface area (Å²) >= 11 is 6.02. The number of rotatable bonds is 3. The Balaban J connectivity index is 2.05. The Morgan fingerprint density at radius 3 is 2.50 bits per heavy atom. The first-order valence-corrected chi connectivity index (χ1v) is 6.75. The zero-order valence-corrected chi connectivity index (χ0v) is 12.2. The molecule has 0 aliphatic rings. The molecule has 0 unspecified atom stereocenters. The van der Waals surface area contributed by atoms with E-state index in [0.29, 0.717) is 5.02 Å². The Morgan fingerprint density at radius 1 is 1.10 bits per heavy atom. The van der Waals surface area contributed by atoms with Crippen LogP contribution in [0.4, 0.5) is 5.69 Å². The number of carbonyl (C=O) groups is 1. The fraction of sp³-hybridized carbons (Fsp3) is 0.118. The predicted octanol–water partition coefficient (Wildman–Crippen LogP) is 4.61. The highest BCUT2D eigenvalue weighted by atomic mass is 35.5. The van der Waals surface area contributed by atoms with E-state index in [1.165, 1.54) is 11.6 Å². The first kappa shape index (κ1) is 14.4. The molecule has 0 saturated carbocycles. The summed E-state index contributed by atoms with van der Waals surface area (Å²) in [4.78, 5) is 11.9. The molecule has 0 bridgehead atoms. The van der Waals surface area contributed by atoms with Gasteiger partial charge in [-0.2, -0.15) is 0 Å². The molecule has 0 radical (unpaired) electrons. The molecular formula is C17H16ClNO. The summed E-state index contributed by atoms with van der Waals surface area (Å²) in [6.45, 7) is 3.91. The second-order valence-corrected chi connectivity index (χ2v) is 5.05. The van der Waals surface area contributed by atoms with Crippen LogP contribution in [0.5, 0.6) is 0 Å². The van der Waals surface area contributed by atoms with E-state index in [-0.39, 0.29) is 5.91 Å². The van der Waals surface area contributed by atoms with E-state index in [2.05, 4.69) is 5.32 Å². The van der Waals surface area contributed by atoms with Gasteiger partial charge in [-0.3, -0.25) is 4.79 Å². The molecule has 2 aromatic rings. The average Bonchev–Trinajstić information content (AvgIpc) is 2.43. The lowest BCUT2D eigenvalue weighted by atomic mass is 10.1. The number of anilines is 1. The van der Waals surface area contributed by atoms with Gasteiger partial charge in [-0.15, -0.1) is 0 Å². The molecule has 0 heterocycles. The zero-order valence-electron chi connectivity index (χ0n) is 11.5. The fourth-order valence-corrected chi connectivity index (χ4v) is 1.94. The first-order valence-electron chi connectivity index (χ1n) is 6.37. The van der Waals surface area contributed by atoms with Crippen LogP contribution in [0, 0.1) is 13.8 Å². The summed E-state index contributed by atoms with van der Waals surface area (Å²) in [5.74, 6) is -0.170. The van der Waals surface area contributed by atoms with Crippen LogP contribution in [0.3, 0.4) is 0 Å². The number of aryl methyl sites for hydroxylation is 1. The quantitative estimate of drug-likeness (QED) is 0.820. The van der Waals surface area contributed by atoms with Crippen molar-refractivity contribution in [3.05, 3.63) is 70.3 Å². The van der Waals surface area contributed by atoms with Crippen LogP contribution < -0.4 is 5.32 Å². The molecule has 2 nitrogen and oxygen atoms in total. The summed E-state index contributed by atoms with van der Waals surface area (Å²) in [5, 5.41) is 3.47. The third kappa shape index (κ3) is 3.72. The molecular weight excluding hydrogens is 270 g/mol. The van der Waals surface area contributed by atoms with Crippen LogP contribution >= 0.6 is 11.6 Å². The lowest BCUT2D eigenvalue weighted by Gasteiger charge is -2.07. The molecule has 0 spiro atoms. The van der Waals surface area contributed by atoms with Gasteiger partial charge >= 0.3 is 0 Å². The minimum absolute atomic E-state index is 0.170. The lowest BCUT2D eigenvalue weighted by molar-refractivity contribution is -0.111. The largest absolute Gasteiger partial charge is 0.322 e. The number of amides is 1. The molecule has 2 aromatic carbocycles. The number of carbonyl (C=O) groups excluding carboxylic acids is 1. The van der Waals surface area contributed by atoms with Crippen molar-refractivity contribution >= 4 is 29.3 Å². The topological polar surface area (TPSA) is 29.1 Å². The summed E-state index contributed by atoms with van der Waals surface area (Å²) in [6.07, 6.45) is 3.31. The van der Waals surface area contributed by atoms with E-state index in [4.69, 9.17) is 11.6 Å². The van der Waals surface area contributed by atoms with E-state index < -0.39 is 0 Å². The molecule has 1 amide bonds. The van der Waals surface area contributed by atoms with Crippen LogP contribution in [0.25, 0.3) is 6.08 Å². The van der Waals surface area contributed by atoms with E-state index in [1.54, 1.807) is 12.1 Å². The Morgan fingerprint density at radius 2 is 1.80 bits per heavy atom. The Labute approximate surface area is 124 Å². The van der Waals surface area contributed by atoms with Gasteiger partial charge in [0.2, 0.25) is 5.91 Å². The van der Waals surface area contributed by atoms with E-state index in [9.17, 15) is 4.79 Å². The number of hydrogen-bond donors (Lipinski definition) is 1. The predicted molar refractivity (Wildman–Crippen MR) is 85.0 cm³/mol. The number of benzene rings is 2. The van der Waals surface area contributed by atoms with Crippen molar-refractivity contribution in [2.24, 2.45) is 0 Å². The molecule has 0 atom stereocenters. The monoisotopic (exact) mass is 285 g/mol. The Bertz CT molecular complexity index is 645. The highest BCUT2D eigenvalue weighted by Crippen LogP contribution is 2.22. The van der Waals surface area contributed by atoms with E-state index in [1.807, 2.05) is 50.2 Å². The van der Waals surface area contributed by atoms with Crippen LogP contribution in [-0.2, 0) is 4.79 Å². The van der Waals surface area contributed by atoms with Crippen LogP contribution in [0.1, 0.15) is 16.7 Å². The molecule has 0 saturated heterocycles. The highest BCUT2D eigenvalue weighted by molar-refractivity contribution is 6.31. The van der Waals surface area contributed by atoms with Gasteiger partial charge in [0.1, 0.15) is 0 Å². The van der Waals surface area contributed by atoms with Crippen molar-refractivity contribution in [3.63, 3.8) is 0 Å². The third-order valence-electron chi connectivity index (χ3n) is 3.03. The third-order valence-corrected chi connectivity index (χ3v) is 3.44. The summed E-state index contributed by atoms with van der Waals surface area (Å²) in [5.41, 5.74) is 3.79. The van der Waals surface area contributed by atoms with Gasteiger partial charge in [0.25, 0.3) is 0 Å². The highest BCUT2D eigenvalue weighted by Gasteiger charge is 2.03. The molecule has 0 aromatic heterocycles. The second-order valence-electron chi connectivity index (χ2n) is 4.65. The van der Waals surface area contributed by atoms with Gasteiger partial charge in [-0.05, 0) is 43.2 Å². The first-order chi connectivity index (χ1) is 9.56. The van der Waals surface area contributed by atoms with E-state index in [0.717, 1.165) is 16.8 Å². The van der Waals surface area contributed by atoms with Crippen LogP contribution in [0.2, 0.25) is 5.02 Å². The minimum Gasteiger partial charge on any atom is -0.322 e. The SMILES string of the molecule is Cc1ccc(C=CC(=O)Nc2cccc(Cl)c2C)cc1. The standard InChI is InChI=1S/C17H16ClNO/c1-12-6-8-14(9-7-12)10-11-17(20)19-16-5-3-4-15(18)13(16)2/h3-11H,1-2H3,(H,19,20). The van der Waals surface area contributed by atoms with Crippen molar-refractivity contribution < 1.29 is 4.79 Å². The normalized spacial score (nSPS) is 10.8. The summed E-state index contributed by atoms with van der Waals surface area (Å²) < 4.78 is 0. The maximum atomic E-state index is 11.9. The van der Waals surface area contributed by atoms with Gasteiger partial charge in [-0.25, -0.2) is 0 Å². The molecule has 3 heteroatoms. The van der Waals surface area contributed by atoms with E-state index >= 15 is 0 Å². The number of hydrogen-bond acceptors (Lipinski definition) is 1. The van der Waals surface area contributed by atoms with Crippen molar-refractivity contribution in [2.75, 3.05) is 5.32 Å². The molecule has 0 fully saturated rings. The van der Waals surface area contributed by atoms with Crippen LogP contribution in [0.15, 0.2) is 48.5 Å². The molecule has 1 N–H and O–H groups in total. The average molecular weight is 286 g/mol. The van der Waals surface area contributed by atoms with Gasteiger partial charge in [-0.1, -0.05) is 47.5 Å². The van der Waals surface area contributed by atoms with Gasteiger partial charge in [0, 0.05) is 16.8 Å². The lowest BCUT2D eigenvalue weighted by Crippen LogP contribution is -2.08. The maximum Gasteiger partial charge on any atom is 0.248 e. The van der Waals surface area contributed by atoms with Crippen LogP contribution in [-0.4, -0.2) is 5.91 Å². The van der Waals surface area contributed by atoms with Crippen molar-refractivity contribution in [1.82, 2.24) is 0 Å². The zero-order chi connectivity index (χ0) is 14.5. The Kier molecular flexibility index (Phi) is 4.59. The second kappa shape index (κ2) is 6.40. The molecule has 20 heavy (non-hydrogen) atoms. The van der Waals surface area contributed by atoms with Crippen molar-refractivity contribution in [2.45, 2.75) is 13.8 Å².